The number of carbonyl (C=O) groups is 1. The maximum atomic E-state index is 11.5. The lowest BCUT2D eigenvalue weighted by Gasteiger charge is -2.35. The Balaban J connectivity index is 2.28. The molecule has 18 heavy (non-hydrogen) atoms. The standard InChI is InChI=1S/C13H17ClN2O2/c14-11-7-10(5-4-9(11)8-17)16-6-2-1-3-12(16)13(15)18/h4-5,7,12,17H,1-3,6,8H2,(H2,15,18). The number of hydrogen-bond acceptors (Lipinski definition) is 3. The van der Waals surface area contributed by atoms with Crippen LogP contribution in [0.4, 0.5) is 5.69 Å². The normalized spacial score (nSPS) is 19.9. The molecule has 0 spiro atoms. The molecule has 0 aliphatic carbocycles. The number of nitrogens with zero attached hydrogens (tertiary/aromatic N) is 1. The van der Waals surface area contributed by atoms with Gasteiger partial charge in [-0.15, -0.1) is 0 Å². The highest BCUT2D eigenvalue weighted by Gasteiger charge is 2.27. The van der Waals surface area contributed by atoms with Gasteiger partial charge in [-0.2, -0.15) is 0 Å². The quantitative estimate of drug-likeness (QED) is 0.876. The van der Waals surface area contributed by atoms with Gasteiger partial charge in [-0.3, -0.25) is 4.79 Å². The zero-order valence-electron chi connectivity index (χ0n) is 10.1. The van der Waals surface area contributed by atoms with E-state index in [-0.39, 0.29) is 18.6 Å². The highest BCUT2D eigenvalue weighted by atomic mass is 35.5. The number of aliphatic hydroxyl groups is 1. The summed E-state index contributed by atoms with van der Waals surface area (Å²) in [5, 5.41) is 9.61. The van der Waals surface area contributed by atoms with Crippen LogP contribution in [0.2, 0.25) is 5.02 Å². The summed E-state index contributed by atoms with van der Waals surface area (Å²) >= 11 is 6.07. The molecule has 1 atom stereocenters. The monoisotopic (exact) mass is 268 g/mol. The van der Waals surface area contributed by atoms with Crippen molar-refractivity contribution in [2.75, 3.05) is 11.4 Å². The van der Waals surface area contributed by atoms with Crippen LogP contribution in [0.15, 0.2) is 18.2 Å². The topological polar surface area (TPSA) is 66.6 Å². The highest BCUT2D eigenvalue weighted by molar-refractivity contribution is 6.31. The summed E-state index contributed by atoms with van der Waals surface area (Å²) in [6, 6.07) is 5.19. The minimum atomic E-state index is -0.294. The Kier molecular flexibility index (Phi) is 4.09. The smallest absolute Gasteiger partial charge is 0.240 e. The number of benzene rings is 1. The molecule has 1 aromatic rings. The van der Waals surface area contributed by atoms with Crippen LogP contribution in [0.1, 0.15) is 24.8 Å². The van der Waals surface area contributed by atoms with Crippen LogP contribution in [0.25, 0.3) is 0 Å². The number of rotatable bonds is 3. The predicted molar refractivity (Wildman–Crippen MR) is 71.6 cm³/mol. The van der Waals surface area contributed by atoms with Crippen LogP contribution in [0.3, 0.4) is 0 Å². The maximum Gasteiger partial charge on any atom is 0.240 e. The molecule has 1 fully saturated rings. The van der Waals surface area contributed by atoms with E-state index in [9.17, 15) is 4.79 Å². The van der Waals surface area contributed by atoms with Crippen molar-refractivity contribution in [3.05, 3.63) is 28.8 Å². The van der Waals surface area contributed by atoms with E-state index >= 15 is 0 Å². The first-order valence-corrected chi connectivity index (χ1v) is 6.46. The number of nitrogens with two attached hydrogens (primary N) is 1. The number of piperidine rings is 1. The van der Waals surface area contributed by atoms with Gasteiger partial charge in [0, 0.05) is 17.3 Å². The third-order valence-electron chi connectivity index (χ3n) is 3.37. The first-order valence-electron chi connectivity index (χ1n) is 6.08. The van der Waals surface area contributed by atoms with E-state index < -0.39 is 0 Å². The van der Waals surface area contributed by atoms with E-state index in [2.05, 4.69) is 0 Å². The van der Waals surface area contributed by atoms with Crippen molar-refractivity contribution in [1.82, 2.24) is 0 Å². The lowest BCUT2D eigenvalue weighted by Crippen LogP contribution is -2.47. The van der Waals surface area contributed by atoms with Crippen molar-refractivity contribution in [2.45, 2.75) is 31.9 Å². The van der Waals surface area contributed by atoms with E-state index in [0.717, 1.165) is 31.5 Å². The summed E-state index contributed by atoms with van der Waals surface area (Å²) in [7, 11) is 0. The summed E-state index contributed by atoms with van der Waals surface area (Å²) in [5.74, 6) is -0.294. The number of hydrogen-bond donors (Lipinski definition) is 2. The zero-order valence-corrected chi connectivity index (χ0v) is 10.9. The van der Waals surface area contributed by atoms with E-state index in [1.165, 1.54) is 0 Å². The Bertz CT molecular complexity index is 451. The Hall–Kier alpha value is -1.26. The lowest BCUT2D eigenvalue weighted by atomic mass is 10.0. The molecule has 2 rings (SSSR count). The minimum Gasteiger partial charge on any atom is -0.392 e. The van der Waals surface area contributed by atoms with Crippen molar-refractivity contribution in [2.24, 2.45) is 5.73 Å². The Labute approximate surface area is 111 Å². The van der Waals surface area contributed by atoms with Gasteiger partial charge in [-0.05, 0) is 37.0 Å². The number of primary amides is 1. The second-order valence-electron chi connectivity index (χ2n) is 4.54. The van der Waals surface area contributed by atoms with E-state index in [4.69, 9.17) is 22.4 Å². The third-order valence-corrected chi connectivity index (χ3v) is 3.72. The van der Waals surface area contributed by atoms with Crippen molar-refractivity contribution >= 4 is 23.2 Å². The molecule has 3 N–H and O–H groups in total. The van der Waals surface area contributed by atoms with E-state index in [1.54, 1.807) is 12.1 Å². The van der Waals surface area contributed by atoms with Gasteiger partial charge in [-0.25, -0.2) is 0 Å². The van der Waals surface area contributed by atoms with Crippen LogP contribution in [-0.4, -0.2) is 23.6 Å². The molecule has 1 aromatic carbocycles. The third kappa shape index (κ3) is 2.60. The molecular weight excluding hydrogens is 252 g/mol. The summed E-state index contributed by atoms with van der Waals surface area (Å²) < 4.78 is 0. The van der Waals surface area contributed by atoms with Crippen molar-refractivity contribution in [3.63, 3.8) is 0 Å². The van der Waals surface area contributed by atoms with Gasteiger partial charge in [0.1, 0.15) is 6.04 Å². The molecule has 0 bridgehead atoms. The molecular formula is C13H17ClN2O2. The van der Waals surface area contributed by atoms with Gasteiger partial charge in [0.25, 0.3) is 0 Å². The molecule has 1 heterocycles. The fraction of sp³-hybridized carbons (Fsp3) is 0.462. The van der Waals surface area contributed by atoms with Crippen molar-refractivity contribution in [3.8, 4) is 0 Å². The van der Waals surface area contributed by atoms with Crippen LogP contribution >= 0.6 is 11.6 Å². The van der Waals surface area contributed by atoms with Gasteiger partial charge in [0.2, 0.25) is 5.91 Å². The molecule has 1 unspecified atom stereocenters. The molecule has 98 valence electrons. The molecule has 1 amide bonds. The minimum absolute atomic E-state index is 0.0850. The number of carbonyl (C=O) groups excluding carboxylic acids is 1. The van der Waals surface area contributed by atoms with Crippen LogP contribution in [-0.2, 0) is 11.4 Å². The van der Waals surface area contributed by atoms with Gasteiger partial charge in [0.05, 0.1) is 6.61 Å². The number of halogens is 1. The number of amides is 1. The van der Waals surface area contributed by atoms with Gasteiger partial charge in [0.15, 0.2) is 0 Å². The fourth-order valence-corrected chi connectivity index (χ4v) is 2.61. The summed E-state index contributed by atoms with van der Waals surface area (Å²) in [6.45, 7) is 0.723. The molecule has 0 aromatic heterocycles. The SMILES string of the molecule is NC(=O)C1CCCCN1c1ccc(CO)c(Cl)c1. The average Bonchev–Trinajstić information content (AvgIpc) is 2.38. The molecule has 5 heteroatoms. The second-order valence-corrected chi connectivity index (χ2v) is 4.95. The maximum absolute atomic E-state index is 11.5. The van der Waals surface area contributed by atoms with Gasteiger partial charge in [-0.1, -0.05) is 17.7 Å². The summed E-state index contributed by atoms with van der Waals surface area (Å²) in [6.07, 6.45) is 2.85. The zero-order chi connectivity index (χ0) is 13.1. The summed E-state index contributed by atoms with van der Waals surface area (Å²) in [5.41, 5.74) is 7.01. The van der Waals surface area contributed by atoms with Crippen LogP contribution < -0.4 is 10.6 Å². The highest BCUT2D eigenvalue weighted by Crippen LogP contribution is 2.28. The molecule has 4 nitrogen and oxygen atoms in total. The summed E-state index contributed by atoms with van der Waals surface area (Å²) in [4.78, 5) is 13.5. The second kappa shape index (κ2) is 5.59. The first-order chi connectivity index (χ1) is 8.63. The number of anilines is 1. The van der Waals surface area contributed by atoms with E-state index in [1.807, 2.05) is 11.0 Å². The van der Waals surface area contributed by atoms with Crippen molar-refractivity contribution < 1.29 is 9.90 Å². The van der Waals surface area contributed by atoms with Gasteiger partial charge >= 0.3 is 0 Å². The van der Waals surface area contributed by atoms with Gasteiger partial charge < -0.3 is 15.7 Å². The number of aliphatic hydroxyl groups excluding tert-OH is 1. The first kappa shape index (κ1) is 13.2. The predicted octanol–water partition coefficient (Wildman–Crippen LogP) is 1.68. The molecule has 1 aliphatic heterocycles. The average molecular weight is 269 g/mol. The molecule has 0 saturated carbocycles. The van der Waals surface area contributed by atoms with Crippen LogP contribution in [0, 0.1) is 0 Å². The van der Waals surface area contributed by atoms with Crippen LogP contribution in [0.5, 0.6) is 0 Å². The molecule has 0 radical (unpaired) electrons. The van der Waals surface area contributed by atoms with Crippen molar-refractivity contribution in [1.29, 1.82) is 0 Å². The Morgan fingerprint density at radius 1 is 1.50 bits per heavy atom. The molecule has 1 saturated heterocycles. The Morgan fingerprint density at radius 2 is 2.28 bits per heavy atom. The largest absolute Gasteiger partial charge is 0.392 e. The lowest BCUT2D eigenvalue weighted by molar-refractivity contribution is -0.119. The Morgan fingerprint density at radius 3 is 2.89 bits per heavy atom. The fourth-order valence-electron chi connectivity index (χ4n) is 2.38. The molecule has 1 aliphatic rings. The van der Waals surface area contributed by atoms with E-state index in [0.29, 0.717) is 10.6 Å².